The summed E-state index contributed by atoms with van der Waals surface area (Å²) in [5, 5.41) is 2.93. The van der Waals surface area contributed by atoms with Crippen molar-refractivity contribution in [3.8, 4) is 0 Å². The topological polar surface area (TPSA) is 79.0 Å². The lowest BCUT2D eigenvalue weighted by Gasteiger charge is -2.30. The van der Waals surface area contributed by atoms with Crippen LogP contribution in [-0.4, -0.2) is 63.8 Å². The van der Waals surface area contributed by atoms with Crippen LogP contribution in [0.15, 0.2) is 24.3 Å². The van der Waals surface area contributed by atoms with Crippen LogP contribution in [0.4, 0.5) is 11.4 Å². The van der Waals surface area contributed by atoms with E-state index in [9.17, 15) is 13.2 Å². The molecule has 1 aromatic carbocycles. The number of anilines is 2. The van der Waals surface area contributed by atoms with Crippen molar-refractivity contribution in [2.45, 2.75) is 32.7 Å². The third kappa shape index (κ3) is 5.69. The van der Waals surface area contributed by atoms with Crippen molar-refractivity contribution in [3.05, 3.63) is 24.3 Å². The van der Waals surface area contributed by atoms with E-state index in [-0.39, 0.29) is 24.9 Å². The zero-order valence-electron chi connectivity index (χ0n) is 15.8. The SMILES string of the molecule is CCC(C)N(CCC(=O)Nc1ccccc1N1CCOCC1)S(C)(=O)=O. The van der Waals surface area contributed by atoms with E-state index in [0.717, 1.165) is 24.5 Å². The Bertz CT molecular complexity index is 702. The molecule has 1 saturated heterocycles. The number of carbonyl (C=O) groups is 1. The maximum Gasteiger partial charge on any atom is 0.225 e. The summed E-state index contributed by atoms with van der Waals surface area (Å²) in [7, 11) is -3.34. The molecule has 0 spiro atoms. The van der Waals surface area contributed by atoms with Gasteiger partial charge in [-0.1, -0.05) is 19.1 Å². The number of ether oxygens (including phenoxy) is 1. The van der Waals surface area contributed by atoms with Crippen LogP contribution in [0.1, 0.15) is 26.7 Å². The standard InChI is InChI=1S/C18H29N3O4S/c1-4-15(2)21(26(3,23)24)10-9-18(22)19-16-7-5-6-8-17(16)20-11-13-25-14-12-20/h5-8,15H,4,9-14H2,1-3H3,(H,19,22). The molecule has 0 saturated carbocycles. The molecule has 1 unspecified atom stereocenters. The highest BCUT2D eigenvalue weighted by atomic mass is 32.2. The molecule has 146 valence electrons. The molecule has 2 rings (SSSR count). The van der Waals surface area contributed by atoms with E-state index >= 15 is 0 Å². The minimum atomic E-state index is -3.34. The average molecular weight is 384 g/mol. The van der Waals surface area contributed by atoms with E-state index in [1.807, 2.05) is 38.1 Å². The van der Waals surface area contributed by atoms with Crippen molar-refractivity contribution in [2.75, 3.05) is 49.3 Å². The number of nitrogens with zero attached hydrogens (tertiary/aromatic N) is 2. The maximum atomic E-state index is 12.4. The number of morpholine rings is 1. The van der Waals surface area contributed by atoms with Gasteiger partial charge in [-0.25, -0.2) is 8.42 Å². The molecule has 1 aliphatic heterocycles. The molecule has 1 atom stereocenters. The van der Waals surface area contributed by atoms with Gasteiger partial charge in [-0.15, -0.1) is 0 Å². The van der Waals surface area contributed by atoms with Crippen LogP contribution >= 0.6 is 0 Å². The molecule has 7 nitrogen and oxygen atoms in total. The first kappa shape index (κ1) is 20.7. The fourth-order valence-corrected chi connectivity index (χ4v) is 4.23. The van der Waals surface area contributed by atoms with E-state index in [4.69, 9.17) is 4.74 Å². The predicted molar refractivity (Wildman–Crippen MR) is 104 cm³/mol. The smallest absolute Gasteiger partial charge is 0.225 e. The second kappa shape index (κ2) is 9.34. The van der Waals surface area contributed by atoms with Gasteiger partial charge in [-0.3, -0.25) is 4.79 Å². The Morgan fingerprint density at radius 3 is 2.58 bits per heavy atom. The molecule has 8 heteroatoms. The summed E-state index contributed by atoms with van der Waals surface area (Å²) in [5.41, 5.74) is 1.71. The van der Waals surface area contributed by atoms with Crippen molar-refractivity contribution in [1.82, 2.24) is 4.31 Å². The van der Waals surface area contributed by atoms with E-state index in [2.05, 4.69) is 10.2 Å². The highest BCUT2D eigenvalue weighted by Crippen LogP contribution is 2.26. The third-order valence-electron chi connectivity index (χ3n) is 4.60. The summed E-state index contributed by atoms with van der Waals surface area (Å²) < 4.78 is 30.6. The highest BCUT2D eigenvalue weighted by Gasteiger charge is 2.23. The second-order valence-corrected chi connectivity index (χ2v) is 8.48. The summed E-state index contributed by atoms with van der Waals surface area (Å²) in [5.74, 6) is -0.192. The molecule has 1 N–H and O–H groups in total. The molecule has 0 radical (unpaired) electrons. The van der Waals surface area contributed by atoms with Crippen molar-refractivity contribution in [1.29, 1.82) is 0 Å². The number of amides is 1. The van der Waals surface area contributed by atoms with Crippen LogP contribution in [0.25, 0.3) is 0 Å². The molecule has 0 aliphatic carbocycles. The van der Waals surface area contributed by atoms with E-state index in [0.29, 0.717) is 19.6 Å². The van der Waals surface area contributed by atoms with Crippen LogP contribution in [0, 0.1) is 0 Å². The molecular weight excluding hydrogens is 354 g/mol. The van der Waals surface area contributed by atoms with Gasteiger partial charge in [-0.2, -0.15) is 4.31 Å². The number of hydrogen-bond donors (Lipinski definition) is 1. The lowest BCUT2D eigenvalue weighted by Crippen LogP contribution is -2.39. The Balaban J connectivity index is 2.01. The lowest BCUT2D eigenvalue weighted by molar-refractivity contribution is -0.116. The number of nitrogens with one attached hydrogen (secondary N) is 1. The first-order valence-electron chi connectivity index (χ1n) is 9.01. The van der Waals surface area contributed by atoms with Gasteiger partial charge in [0.15, 0.2) is 0 Å². The summed E-state index contributed by atoms with van der Waals surface area (Å²) >= 11 is 0. The number of benzene rings is 1. The predicted octanol–water partition coefficient (Wildman–Crippen LogP) is 1.91. The molecule has 26 heavy (non-hydrogen) atoms. The molecule has 0 aromatic heterocycles. The normalized spacial score (nSPS) is 16.5. The molecule has 1 heterocycles. The molecule has 1 aromatic rings. The fraction of sp³-hybridized carbons (Fsp3) is 0.611. The summed E-state index contributed by atoms with van der Waals surface area (Å²) in [6, 6.07) is 7.53. The van der Waals surface area contributed by atoms with Gasteiger partial charge < -0.3 is 15.0 Å². The van der Waals surface area contributed by atoms with Crippen LogP contribution < -0.4 is 10.2 Å². The van der Waals surface area contributed by atoms with Gasteiger partial charge in [0, 0.05) is 32.1 Å². The van der Waals surface area contributed by atoms with Crippen LogP contribution in [-0.2, 0) is 19.6 Å². The first-order valence-corrected chi connectivity index (χ1v) is 10.9. The quantitative estimate of drug-likeness (QED) is 0.742. The van der Waals surface area contributed by atoms with Gasteiger partial charge in [-0.05, 0) is 25.5 Å². The van der Waals surface area contributed by atoms with Gasteiger partial charge in [0.25, 0.3) is 0 Å². The van der Waals surface area contributed by atoms with Gasteiger partial charge >= 0.3 is 0 Å². The number of rotatable bonds is 8. The maximum absolute atomic E-state index is 12.4. The average Bonchev–Trinajstić information content (AvgIpc) is 2.61. The van der Waals surface area contributed by atoms with Crippen LogP contribution in [0.2, 0.25) is 0 Å². The lowest BCUT2D eigenvalue weighted by atomic mass is 10.2. The Labute approximate surface area is 156 Å². The Morgan fingerprint density at radius 1 is 1.31 bits per heavy atom. The Hall–Kier alpha value is -1.64. The minimum absolute atomic E-state index is 0.120. The van der Waals surface area contributed by atoms with Gasteiger partial charge in [0.1, 0.15) is 0 Å². The summed E-state index contributed by atoms with van der Waals surface area (Å²) in [4.78, 5) is 14.6. The van der Waals surface area contributed by atoms with E-state index in [1.54, 1.807) is 0 Å². The first-order chi connectivity index (χ1) is 12.3. The summed E-state index contributed by atoms with van der Waals surface area (Å²) in [6.45, 7) is 6.86. The van der Waals surface area contributed by atoms with Crippen molar-refractivity contribution in [3.63, 3.8) is 0 Å². The zero-order chi connectivity index (χ0) is 19.2. The van der Waals surface area contributed by atoms with E-state index < -0.39 is 10.0 Å². The van der Waals surface area contributed by atoms with Crippen molar-refractivity contribution >= 4 is 27.3 Å². The monoisotopic (exact) mass is 383 g/mol. The molecule has 0 bridgehead atoms. The summed E-state index contributed by atoms with van der Waals surface area (Å²) in [6.07, 6.45) is 2.01. The van der Waals surface area contributed by atoms with Gasteiger partial charge in [0.2, 0.25) is 15.9 Å². The van der Waals surface area contributed by atoms with Crippen LogP contribution in [0.3, 0.4) is 0 Å². The molecule has 1 amide bonds. The zero-order valence-corrected chi connectivity index (χ0v) is 16.6. The number of hydrogen-bond acceptors (Lipinski definition) is 5. The largest absolute Gasteiger partial charge is 0.378 e. The molecular formula is C18H29N3O4S. The number of para-hydroxylation sites is 2. The Morgan fingerprint density at radius 2 is 1.96 bits per heavy atom. The highest BCUT2D eigenvalue weighted by molar-refractivity contribution is 7.88. The van der Waals surface area contributed by atoms with Crippen LogP contribution in [0.5, 0.6) is 0 Å². The number of sulfonamides is 1. The molecule has 1 aliphatic rings. The Kier molecular flexibility index (Phi) is 7.43. The second-order valence-electron chi connectivity index (χ2n) is 6.55. The third-order valence-corrected chi connectivity index (χ3v) is 5.99. The van der Waals surface area contributed by atoms with Crippen molar-refractivity contribution < 1.29 is 17.9 Å². The van der Waals surface area contributed by atoms with E-state index in [1.165, 1.54) is 10.6 Å². The fourth-order valence-electron chi connectivity index (χ4n) is 3.00. The molecule has 1 fully saturated rings. The van der Waals surface area contributed by atoms with Gasteiger partial charge in [0.05, 0.1) is 30.8 Å². The minimum Gasteiger partial charge on any atom is -0.378 e. The van der Waals surface area contributed by atoms with Crippen molar-refractivity contribution in [2.24, 2.45) is 0 Å². The number of carbonyl (C=O) groups excluding carboxylic acids is 1.